The fraction of sp³-hybridized carbons (Fsp3) is 0.381. The fourth-order valence-electron chi connectivity index (χ4n) is 3.33. The largest absolute Gasteiger partial charge is 0.324 e. The molecular formula is C21H28N3O3S+. The molecule has 0 saturated carbocycles. The molecule has 1 unspecified atom stereocenters. The lowest BCUT2D eigenvalue weighted by molar-refractivity contribution is -0.907. The van der Waals surface area contributed by atoms with Crippen LogP contribution in [0.5, 0.6) is 0 Å². The van der Waals surface area contributed by atoms with Crippen LogP contribution in [0.1, 0.15) is 25.3 Å². The van der Waals surface area contributed by atoms with E-state index in [0.717, 1.165) is 24.3 Å². The summed E-state index contributed by atoms with van der Waals surface area (Å²) in [4.78, 5) is 13.9. The van der Waals surface area contributed by atoms with Crippen molar-refractivity contribution in [1.82, 2.24) is 4.31 Å². The second kappa shape index (κ2) is 8.86. The van der Waals surface area contributed by atoms with Gasteiger partial charge in [0.2, 0.25) is 10.0 Å². The van der Waals surface area contributed by atoms with Gasteiger partial charge in [0.25, 0.3) is 5.91 Å². The number of carbonyl (C=O) groups excluding carboxylic acids is 1. The third-order valence-corrected chi connectivity index (χ3v) is 7.20. The first-order valence-electron chi connectivity index (χ1n) is 9.65. The van der Waals surface area contributed by atoms with Crippen molar-refractivity contribution in [3.05, 3.63) is 60.2 Å². The Hall–Kier alpha value is -2.22. The minimum absolute atomic E-state index is 0.0939. The normalized spacial score (nSPS) is 17.2. The summed E-state index contributed by atoms with van der Waals surface area (Å²) in [5.41, 5.74) is 1.78. The number of anilines is 1. The molecule has 1 aliphatic heterocycles. The third kappa shape index (κ3) is 4.79. The lowest BCUT2D eigenvalue weighted by Crippen LogP contribution is -3.12. The van der Waals surface area contributed by atoms with Gasteiger partial charge >= 0.3 is 0 Å². The molecule has 6 nitrogen and oxygen atoms in total. The molecule has 2 aromatic carbocycles. The highest BCUT2D eigenvalue weighted by Crippen LogP contribution is 2.22. The first kappa shape index (κ1) is 20.5. The number of hydrogen-bond acceptors (Lipinski definition) is 3. The Labute approximate surface area is 167 Å². The molecule has 0 aliphatic carbocycles. The summed E-state index contributed by atoms with van der Waals surface area (Å²) in [6.07, 6.45) is 1.81. The first-order valence-corrected chi connectivity index (χ1v) is 11.1. The molecular weight excluding hydrogens is 374 g/mol. The molecule has 1 fully saturated rings. The zero-order valence-electron chi connectivity index (χ0n) is 16.4. The van der Waals surface area contributed by atoms with Crippen LogP contribution < -0.4 is 10.2 Å². The Morgan fingerprint density at radius 1 is 1.07 bits per heavy atom. The van der Waals surface area contributed by atoms with Crippen LogP contribution in [0.3, 0.4) is 0 Å². The Balaban J connectivity index is 1.60. The maximum Gasteiger partial charge on any atom is 0.282 e. The number of rotatable bonds is 7. The van der Waals surface area contributed by atoms with Crippen molar-refractivity contribution >= 4 is 21.6 Å². The van der Waals surface area contributed by atoms with Gasteiger partial charge in [-0.1, -0.05) is 30.3 Å². The van der Waals surface area contributed by atoms with Gasteiger partial charge in [0.1, 0.15) is 6.54 Å². The van der Waals surface area contributed by atoms with Gasteiger partial charge < -0.3 is 10.2 Å². The third-order valence-electron chi connectivity index (χ3n) is 5.28. The second-order valence-corrected chi connectivity index (χ2v) is 9.29. The van der Waals surface area contributed by atoms with Crippen molar-refractivity contribution in [2.75, 3.05) is 25.5 Å². The van der Waals surface area contributed by atoms with Gasteiger partial charge in [-0.2, -0.15) is 4.31 Å². The summed E-state index contributed by atoms with van der Waals surface area (Å²) in [6, 6.07) is 16.2. The predicted molar refractivity (Wildman–Crippen MR) is 110 cm³/mol. The number of likely N-dealkylation sites (N-methyl/N-ethyl adjacent to an activating group) is 1. The number of benzene rings is 2. The van der Waals surface area contributed by atoms with E-state index >= 15 is 0 Å². The molecule has 0 aromatic heterocycles. The van der Waals surface area contributed by atoms with Crippen LogP contribution in [0.2, 0.25) is 0 Å². The molecule has 0 spiro atoms. The van der Waals surface area contributed by atoms with E-state index in [2.05, 4.69) is 5.32 Å². The van der Waals surface area contributed by atoms with E-state index in [0.29, 0.717) is 18.8 Å². The van der Waals surface area contributed by atoms with E-state index in [9.17, 15) is 13.2 Å². The van der Waals surface area contributed by atoms with E-state index in [4.69, 9.17) is 0 Å². The number of amides is 1. The van der Waals surface area contributed by atoms with E-state index < -0.39 is 10.0 Å². The van der Waals surface area contributed by atoms with Crippen molar-refractivity contribution in [2.45, 2.75) is 37.2 Å². The quantitative estimate of drug-likeness (QED) is 0.738. The SMILES string of the molecule is C[C@H](C(=O)Nc1ccc(S(=O)(=O)N2CCCC2)cc1)[NH+](C)Cc1ccccc1. The van der Waals surface area contributed by atoms with Crippen LogP contribution in [-0.2, 0) is 21.4 Å². The Kier molecular flexibility index (Phi) is 6.49. The van der Waals surface area contributed by atoms with Gasteiger partial charge in [-0.3, -0.25) is 4.79 Å². The van der Waals surface area contributed by atoms with Gasteiger partial charge in [-0.25, -0.2) is 8.42 Å². The van der Waals surface area contributed by atoms with E-state index in [-0.39, 0.29) is 16.8 Å². The summed E-state index contributed by atoms with van der Waals surface area (Å²) in [6.45, 7) is 3.80. The van der Waals surface area contributed by atoms with E-state index in [1.165, 1.54) is 9.87 Å². The summed E-state index contributed by atoms with van der Waals surface area (Å²) < 4.78 is 26.7. The molecule has 3 rings (SSSR count). The van der Waals surface area contributed by atoms with Gasteiger partial charge in [0, 0.05) is 24.3 Å². The van der Waals surface area contributed by atoms with Crippen LogP contribution in [0.25, 0.3) is 0 Å². The van der Waals surface area contributed by atoms with E-state index in [1.54, 1.807) is 24.3 Å². The average Bonchev–Trinajstić information content (AvgIpc) is 3.24. The molecule has 28 heavy (non-hydrogen) atoms. The second-order valence-electron chi connectivity index (χ2n) is 7.36. The zero-order chi connectivity index (χ0) is 20.1. The molecule has 7 heteroatoms. The van der Waals surface area contributed by atoms with Crippen molar-refractivity contribution in [3.63, 3.8) is 0 Å². The van der Waals surface area contributed by atoms with Crippen LogP contribution >= 0.6 is 0 Å². The van der Waals surface area contributed by atoms with Crippen LogP contribution in [0.4, 0.5) is 5.69 Å². The summed E-state index contributed by atoms with van der Waals surface area (Å²) in [7, 11) is -1.44. The highest BCUT2D eigenvalue weighted by atomic mass is 32.2. The molecule has 0 radical (unpaired) electrons. The zero-order valence-corrected chi connectivity index (χ0v) is 17.2. The lowest BCUT2D eigenvalue weighted by atomic mass is 10.2. The number of carbonyl (C=O) groups is 1. The minimum Gasteiger partial charge on any atom is -0.324 e. The van der Waals surface area contributed by atoms with Crippen molar-refractivity contribution < 1.29 is 18.1 Å². The molecule has 1 heterocycles. The van der Waals surface area contributed by atoms with Crippen molar-refractivity contribution in [1.29, 1.82) is 0 Å². The van der Waals surface area contributed by atoms with Gasteiger partial charge in [0.05, 0.1) is 11.9 Å². The topological polar surface area (TPSA) is 70.9 Å². The standard InChI is InChI=1S/C21H27N3O3S/c1-17(23(2)16-18-8-4-3-5-9-18)21(25)22-19-10-12-20(13-11-19)28(26,27)24-14-6-7-15-24/h3-5,8-13,17H,6-7,14-16H2,1-2H3,(H,22,25)/p+1/t17-/m1/s1. The number of hydrogen-bond donors (Lipinski definition) is 2. The molecule has 2 N–H and O–H groups in total. The molecule has 1 aliphatic rings. The molecule has 2 aromatic rings. The maximum absolute atomic E-state index is 12.6. The number of nitrogens with zero attached hydrogens (tertiary/aromatic N) is 1. The lowest BCUT2D eigenvalue weighted by Gasteiger charge is -2.21. The van der Waals surface area contributed by atoms with Gasteiger partial charge in [-0.05, 0) is 44.0 Å². The van der Waals surface area contributed by atoms with E-state index in [1.807, 2.05) is 44.3 Å². The number of quaternary nitrogens is 1. The molecule has 150 valence electrons. The minimum atomic E-state index is -3.43. The molecule has 2 atom stereocenters. The predicted octanol–water partition coefficient (Wildman–Crippen LogP) is 1.51. The molecule has 0 bridgehead atoms. The average molecular weight is 403 g/mol. The molecule has 1 amide bonds. The van der Waals surface area contributed by atoms with Gasteiger partial charge in [-0.15, -0.1) is 0 Å². The Bertz CT molecular complexity index is 892. The summed E-state index contributed by atoms with van der Waals surface area (Å²) in [5, 5.41) is 2.89. The van der Waals surface area contributed by atoms with Crippen LogP contribution in [0.15, 0.2) is 59.5 Å². The Morgan fingerprint density at radius 2 is 1.68 bits per heavy atom. The molecule has 1 saturated heterocycles. The van der Waals surface area contributed by atoms with Gasteiger partial charge in [0.15, 0.2) is 6.04 Å². The monoisotopic (exact) mass is 402 g/mol. The van der Waals surface area contributed by atoms with Crippen molar-refractivity contribution in [2.24, 2.45) is 0 Å². The van der Waals surface area contributed by atoms with Crippen molar-refractivity contribution in [3.8, 4) is 0 Å². The van der Waals surface area contributed by atoms with Crippen LogP contribution in [-0.4, -0.2) is 44.8 Å². The smallest absolute Gasteiger partial charge is 0.282 e. The maximum atomic E-state index is 12.6. The summed E-state index contributed by atoms with van der Waals surface area (Å²) >= 11 is 0. The number of nitrogens with one attached hydrogen (secondary N) is 2. The fourth-order valence-corrected chi connectivity index (χ4v) is 4.85. The Morgan fingerprint density at radius 3 is 2.29 bits per heavy atom. The highest BCUT2D eigenvalue weighted by Gasteiger charge is 2.27. The number of sulfonamides is 1. The highest BCUT2D eigenvalue weighted by molar-refractivity contribution is 7.89. The van der Waals surface area contributed by atoms with Crippen LogP contribution in [0, 0.1) is 0 Å². The summed E-state index contributed by atoms with van der Waals surface area (Å²) in [5.74, 6) is -0.0939. The first-order chi connectivity index (χ1) is 13.4.